The SMILES string of the molecule is CC(C)(C)C(OP(=O)(OC(n1c(Nc2cc(Cl)cc(Cl)c2)nc2cc(Cl)ccc2c1=O)(C(C)(C)C)C(C)(C)C)OC(n1c(Nc2cc(Cl)cc(Cl)c2)nc2cc(Cl)ccc2c1=O)(C(C)(C)C)C(C)(C)C)(n1c(Nc2cc(Cl)cc(Cl)c2)nc2cc(Cl)ccc2c1=O)C(C)(C)C. The van der Waals surface area contributed by atoms with Crippen LogP contribution in [0.5, 0.6) is 0 Å². The van der Waals surface area contributed by atoms with Gasteiger partial charge in [-0.2, -0.15) is 0 Å². The molecule has 0 aliphatic rings. The number of anilines is 6. The van der Waals surface area contributed by atoms with Crippen LogP contribution in [0.1, 0.15) is 125 Å². The number of phosphoric ester groups is 1. The molecule has 26 heteroatoms. The van der Waals surface area contributed by atoms with Gasteiger partial charge in [0.15, 0.2) is 17.2 Å². The Labute approximate surface area is 597 Å². The minimum atomic E-state index is -6.11. The van der Waals surface area contributed by atoms with Gasteiger partial charge in [0.1, 0.15) is 0 Å². The van der Waals surface area contributed by atoms with Gasteiger partial charge in [0.05, 0.1) is 32.7 Å². The van der Waals surface area contributed by atoms with Crippen molar-refractivity contribution in [2.45, 2.75) is 142 Å². The Morgan fingerprint density at radius 1 is 0.316 bits per heavy atom. The van der Waals surface area contributed by atoms with Crippen molar-refractivity contribution in [3.8, 4) is 0 Å². The number of benzene rings is 6. The zero-order valence-electron chi connectivity index (χ0n) is 55.8. The highest BCUT2D eigenvalue weighted by Gasteiger charge is 2.69. The number of phosphoric acid groups is 1. The summed E-state index contributed by atoms with van der Waals surface area (Å²) in [6.45, 7) is 32.3. The first kappa shape index (κ1) is 74.1. The molecule has 506 valence electrons. The standard InChI is InChI=1S/C69H75Cl9N9O7P/c1-61(2,3)67(62(4,5)6,85-55(88)49-22-19-37(70)34-52(49)82-58(85)79-46-28-40(73)25-41(74)29-46)92-95(91,93-68(63(7,8)9,64(10,11)12)86-56(89)50-23-20-38(71)35-53(50)83-59(86)80-47-30-42(75)26-43(76)31-47)94-69(65(13,14)15,66(16,17)18)87-57(90)51-24-21-39(72)36-54(51)84-60(87)81-48-32-44(77)27-45(78)33-48/h19-36H,1-18H3,(H,79,82)(H,80,83)(H,81,84). The molecular weight excluding hydrogens is 1420 g/mol. The van der Waals surface area contributed by atoms with Crippen molar-refractivity contribution in [3.63, 3.8) is 0 Å². The summed E-state index contributed by atoms with van der Waals surface area (Å²) in [4.78, 5) is 65.0. The Balaban J connectivity index is 1.54. The molecule has 0 fully saturated rings. The molecule has 0 saturated heterocycles. The first-order valence-electron chi connectivity index (χ1n) is 30.2. The van der Waals surface area contributed by atoms with Crippen molar-refractivity contribution in [1.82, 2.24) is 28.7 Å². The van der Waals surface area contributed by atoms with E-state index in [1.54, 1.807) is 179 Å². The summed E-state index contributed by atoms with van der Waals surface area (Å²) in [6, 6.07) is 28.0. The highest BCUT2D eigenvalue weighted by Crippen LogP contribution is 2.73. The molecule has 0 aliphatic carbocycles. The summed E-state index contributed by atoms with van der Waals surface area (Å²) in [5, 5.41) is 12.4. The first-order valence-corrected chi connectivity index (χ1v) is 35.0. The summed E-state index contributed by atoms with van der Waals surface area (Å²) < 4.78 is 47.2. The van der Waals surface area contributed by atoms with Crippen LogP contribution in [0.25, 0.3) is 32.7 Å². The third-order valence-electron chi connectivity index (χ3n) is 16.6. The van der Waals surface area contributed by atoms with E-state index in [1.807, 2.05) is 0 Å². The van der Waals surface area contributed by atoms with Gasteiger partial charge in [-0.05, 0) is 109 Å². The Kier molecular flexibility index (Phi) is 20.2. The summed E-state index contributed by atoms with van der Waals surface area (Å²) in [7, 11) is -6.11. The van der Waals surface area contributed by atoms with Crippen LogP contribution in [0.3, 0.4) is 0 Å². The van der Waals surface area contributed by atoms with Crippen molar-refractivity contribution in [1.29, 1.82) is 0 Å². The molecule has 3 aromatic heterocycles. The van der Waals surface area contributed by atoms with Crippen molar-refractivity contribution in [2.24, 2.45) is 32.5 Å². The summed E-state index contributed by atoms with van der Waals surface area (Å²) in [6.07, 6.45) is 0. The summed E-state index contributed by atoms with van der Waals surface area (Å²) in [5.41, 5.74) is -16.7. The molecule has 3 N–H and O–H groups in total. The molecule has 0 spiro atoms. The third-order valence-corrected chi connectivity index (χ3v) is 20.1. The van der Waals surface area contributed by atoms with Gasteiger partial charge in [0.25, 0.3) is 16.7 Å². The number of hydrogen-bond donors (Lipinski definition) is 3. The molecule has 0 unspecified atom stereocenters. The molecule has 0 atom stereocenters. The van der Waals surface area contributed by atoms with Gasteiger partial charge in [-0.25, -0.2) is 33.2 Å². The van der Waals surface area contributed by atoms with Crippen LogP contribution in [-0.4, -0.2) is 28.7 Å². The van der Waals surface area contributed by atoms with Crippen LogP contribution in [0.2, 0.25) is 45.2 Å². The van der Waals surface area contributed by atoms with Gasteiger partial charge < -0.3 is 16.0 Å². The Hall–Kier alpha value is -5.14. The van der Waals surface area contributed by atoms with Gasteiger partial charge in [-0.1, -0.05) is 229 Å². The quantitative estimate of drug-likeness (QED) is 0.0824. The molecule has 9 rings (SSSR count). The maximum atomic E-state index is 19.3. The van der Waals surface area contributed by atoms with Crippen molar-refractivity contribution in [3.05, 3.63) is 185 Å². The highest BCUT2D eigenvalue weighted by molar-refractivity contribution is 7.48. The minimum absolute atomic E-state index is 0.0659. The topological polar surface area (TPSA) is 186 Å². The molecule has 9 aromatic rings. The molecule has 0 aliphatic heterocycles. The fraction of sp³-hybridized carbons (Fsp3) is 0.391. The fourth-order valence-electron chi connectivity index (χ4n) is 13.7. The predicted octanol–water partition coefficient (Wildman–Crippen LogP) is 22.7. The summed E-state index contributed by atoms with van der Waals surface area (Å²) in [5.74, 6) is -0.511. The molecule has 95 heavy (non-hydrogen) atoms. The number of rotatable bonds is 15. The second-order valence-electron chi connectivity index (χ2n) is 29.7. The van der Waals surface area contributed by atoms with E-state index < -0.39 is 74.2 Å². The van der Waals surface area contributed by atoms with E-state index in [0.717, 1.165) is 0 Å². The van der Waals surface area contributed by atoms with Crippen LogP contribution < -0.4 is 32.6 Å². The molecule has 6 aromatic carbocycles. The first-order chi connectivity index (χ1) is 43.6. The van der Waals surface area contributed by atoms with Gasteiger partial charge in [0.2, 0.25) is 17.8 Å². The molecule has 0 radical (unpaired) electrons. The van der Waals surface area contributed by atoms with E-state index in [2.05, 4.69) is 16.0 Å². The van der Waals surface area contributed by atoms with Crippen molar-refractivity contribution >= 4 is 180 Å². The van der Waals surface area contributed by atoms with Crippen LogP contribution in [0, 0.1) is 32.5 Å². The third kappa shape index (κ3) is 13.9. The lowest BCUT2D eigenvalue weighted by Gasteiger charge is -2.59. The molecule has 3 heterocycles. The van der Waals surface area contributed by atoms with E-state index in [4.69, 9.17) is 133 Å². The number of nitrogens with zero attached hydrogens (tertiary/aromatic N) is 6. The maximum Gasteiger partial charge on any atom is 0.481 e. The second-order valence-corrected chi connectivity index (χ2v) is 35.1. The number of hydrogen-bond acceptors (Lipinski definition) is 13. The van der Waals surface area contributed by atoms with E-state index in [-0.39, 0.29) is 113 Å². The zero-order chi connectivity index (χ0) is 70.7. The predicted molar refractivity (Wildman–Crippen MR) is 394 cm³/mol. The monoisotopic (exact) mass is 1490 g/mol. The lowest BCUT2D eigenvalue weighted by Crippen LogP contribution is -2.64. The van der Waals surface area contributed by atoms with E-state index in [0.29, 0.717) is 0 Å². The van der Waals surface area contributed by atoms with E-state index in [1.165, 1.54) is 68.3 Å². The maximum absolute atomic E-state index is 19.3. The fourth-order valence-corrected chi connectivity index (χ4v) is 18.8. The Morgan fingerprint density at radius 3 is 0.705 bits per heavy atom. The van der Waals surface area contributed by atoms with E-state index >= 15 is 18.9 Å². The molecule has 0 bridgehead atoms. The smallest absolute Gasteiger partial charge is 0.325 e. The number of halogens is 9. The second kappa shape index (κ2) is 25.9. The lowest BCUT2D eigenvalue weighted by molar-refractivity contribution is -0.262. The Morgan fingerprint density at radius 2 is 0.516 bits per heavy atom. The van der Waals surface area contributed by atoms with Gasteiger partial charge in [0, 0.05) is 94.8 Å². The van der Waals surface area contributed by atoms with Gasteiger partial charge >= 0.3 is 7.82 Å². The highest BCUT2D eigenvalue weighted by atomic mass is 35.5. The van der Waals surface area contributed by atoms with Gasteiger partial charge in [-0.15, -0.1) is 0 Å². The molecule has 0 saturated carbocycles. The zero-order valence-corrected chi connectivity index (χ0v) is 63.5. The van der Waals surface area contributed by atoms with E-state index in [9.17, 15) is 0 Å². The van der Waals surface area contributed by atoms with Gasteiger partial charge in [-0.3, -0.25) is 28.0 Å². The molecule has 16 nitrogen and oxygen atoms in total. The van der Waals surface area contributed by atoms with Crippen LogP contribution in [0.15, 0.2) is 124 Å². The minimum Gasteiger partial charge on any atom is -0.325 e. The average molecular weight is 1490 g/mol. The lowest BCUT2D eigenvalue weighted by atomic mass is 9.68. The number of aromatic nitrogens is 6. The van der Waals surface area contributed by atoms with Crippen LogP contribution in [-0.2, 0) is 35.3 Å². The number of fused-ring (bicyclic) bond motifs is 3. The van der Waals surface area contributed by atoms with Crippen molar-refractivity contribution in [2.75, 3.05) is 16.0 Å². The van der Waals surface area contributed by atoms with Crippen LogP contribution in [0.4, 0.5) is 34.9 Å². The van der Waals surface area contributed by atoms with Crippen molar-refractivity contribution < 1.29 is 18.1 Å². The summed E-state index contributed by atoms with van der Waals surface area (Å²) >= 11 is 60.4. The largest absolute Gasteiger partial charge is 0.481 e. The number of nitrogens with one attached hydrogen (secondary N) is 3. The normalized spacial score (nSPS) is 13.5. The van der Waals surface area contributed by atoms with Crippen LogP contribution >= 0.6 is 112 Å². The molecule has 0 amide bonds. The molecular formula is C69H75Cl9N9O7P. The Bertz CT molecular complexity index is 4210. The average Bonchev–Trinajstić information content (AvgIpc) is 0.694.